The quantitative estimate of drug-likeness (QED) is 0.634. The highest BCUT2D eigenvalue weighted by atomic mass is 16.5. The number of carbonyl (C=O) groups excluding carboxylic acids is 1. The molecule has 0 atom stereocenters. The molecule has 0 saturated heterocycles. The van der Waals surface area contributed by atoms with Gasteiger partial charge in [-0.2, -0.15) is 5.10 Å². The number of hydrogen-bond acceptors (Lipinski definition) is 4. The minimum Gasteiger partial charge on any atom is -0.484 e. The second-order valence-corrected chi connectivity index (χ2v) is 6.70. The maximum atomic E-state index is 11.8. The summed E-state index contributed by atoms with van der Waals surface area (Å²) >= 11 is 0. The Balaban J connectivity index is 1.79. The van der Waals surface area contributed by atoms with Crippen LogP contribution in [0.2, 0.25) is 0 Å². The molecule has 1 aromatic carbocycles. The van der Waals surface area contributed by atoms with E-state index in [1.807, 2.05) is 30.3 Å². The number of amides is 1. The van der Waals surface area contributed by atoms with Gasteiger partial charge in [0.15, 0.2) is 6.61 Å². The second kappa shape index (κ2) is 8.33. The lowest BCUT2D eigenvalue weighted by Crippen LogP contribution is -2.25. The number of hydrogen-bond donors (Lipinski definition) is 1. The zero-order valence-electron chi connectivity index (χ0n) is 15.1. The summed E-state index contributed by atoms with van der Waals surface area (Å²) in [6, 6.07) is 11.4. The molecule has 0 aliphatic carbocycles. The summed E-state index contributed by atoms with van der Waals surface area (Å²) in [5.41, 5.74) is 4.42. The van der Waals surface area contributed by atoms with Crippen molar-refractivity contribution in [3.8, 4) is 5.75 Å². The number of furan rings is 1. The lowest BCUT2D eigenvalue weighted by molar-refractivity contribution is -0.123. The summed E-state index contributed by atoms with van der Waals surface area (Å²) in [6.07, 6.45) is 5.13. The van der Waals surface area contributed by atoms with E-state index in [2.05, 4.69) is 31.3 Å². The molecule has 0 fully saturated rings. The van der Waals surface area contributed by atoms with Gasteiger partial charge in [-0.1, -0.05) is 32.9 Å². The second-order valence-electron chi connectivity index (χ2n) is 6.70. The third-order valence-corrected chi connectivity index (χ3v) is 3.48. The fraction of sp³-hybridized carbons (Fsp3) is 0.300. The molecular weight excluding hydrogens is 316 g/mol. The van der Waals surface area contributed by atoms with Gasteiger partial charge in [0.1, 0.15) is 11.5 Å². The zero-order valence-corrected chi connectivity index (χ0v) is 15.1. The van der Waals surface area contributed by atoms with Gasteiger partial charge in [0.2, 0.25) is 0 Å². The maximum absolute atomic E-state index is 11.8. The Morgan fingerprint density at radius 2 is 1.96 bits per heavy atom. The maximum Gasteiger partial charge on any atom is 0.277 e. The van der Waals surface area contributed by atoms with E-state index in [9.17, 15) is 4.79 Å². The molecule has 1 amide bonds. The molecule has 0 unspecified atom stereocenters. The van der Waals surface area contributed by atoms with E-state index in [1.165, 1.54) is 5.56 Å². The number of allylic oxidation sites excluding steroid dienone is 1. The lowest BCUT2D eigenvalue weighted by atomic mass is 9.87. The van der Waals surface area contributed by atoms with Crippen LogP contribution in [0.3, 0.4) is 0 Å². The highest BCUT2D eigenvalue weighted by Crippen LogP contribution is 2.24. The predicted molar refractivity (Wildman–Crippen MR) is 99.6 cm³/mol. The average Bonchev–Trinajstić information content (AvgIpc) is 3.09. The fourth-order valence-electron chi connectivity index (χ4n) is 2.01. The van der Waals surface area contributed by atoms with Crippen LogP contribution in [0.25, 0.3) is 6.08 Å². The van der Waals surface area contributed by atoms with Crippen molar-refractivity contribution in [1.29, 1.82) is 0 Å². The normalized spacial score (nSPS) is 12.4. The van der Waals surface area contributed by atoms with E-state index in [0.717, 1.165) is 5.76 Å². The predicted octanol–water partition coefficient (Wildman–Crippen LogP) is 4.16. The van der Waals surface area contributed by atoms with E-state index >= 15 is 0 Å². The first-order chi connectivity index (χ1) is 11.8. The van der Waals surface area contributed by atoms with Gasteiger partial charge in [0, 0.05) is 0 Å². The van der Waals surface area contributed by atoms with Gasteiger partial charge in [-0.25, -0.2) is 5.43 Å². The number of nitrogens with zero attached hydrogens (tertiary/aromatic N) is 1. The third kappa shape index (κ3) is 6.30. The molecule has 1 aromatic heterocycles. The van der Waals surface area contributed by atoms with Crippen molar-refractivity contribution in [3.05, 3.63) is 60.1 Å². The van der Waals surface area contributed by atoms with E-state index in [0.29, 0.717) is 11.5 Å². The summed E-state index contributed by atoms with van der Waals surface area (Å²) < 4.78 is 10.6. The summed E-state index contributed by atoms with van der Waals surface area (Å²) in [5.74, 6) is 1.06. The molecule has 2 rings (SSSR count). The molecule has 0 spiro atoms. The van der Waals surface area contributed by atoms with Gasteiger partial charge in [-0.3, -0.25) is 4.79 Å². The standard InChI is InChI=1S/C20H24N2O3/c1-15(7-10-17-6-5-13-24-17)21-22-19(23)14-25-18-11-8-16(9-12-18)20(2,3)4/h5-13H,14H2,1-4H3,(H,22,23)/b10-7+,21-15-. The Hall–Kier alpha value is -2.82. The van der Waals surface area contributed by atoms with Crippen molar-refractivity contribution in [2.45, 2.75) is 33.1 Å². The van der Waals surface area contributed by atoms with E-state index in [4.69, 9.17) is 9.15 Å². The smallest absolute Gasteiger partial charge is 0.277 e. The molecule has 2 aromatic rings. The molecule has 0 radical (unpaired) electrons. The number of rotatable bonds is 6. The zero-order chi connectivity index (χ0) is 18.3. The van der Waals surface area contributed by atoms with Crippen LogP contribution in [-0.4, -0.2) is 18.2 Å². The average molecular weight is 340 g/mol. The highest BCUT2D eigenvalue weighted by Gasteiger charge is 2.13. The molecular formula is C20H24N2O3. The first-order valence-electron chi connectivity index (χ1n) is 8.12. The molecule has 1 heterocycles. The number of carbonyl (C=O) groups is 1. The van der Waals surface area contributed by atoms with Crippen LogP contribution in [0.15, 0.2) is 58.3 Å². The van der Waals surface area contributed by atoms with Crippen molar-refractivity contribution < 1.29 is 13.9 Å². The summed E-state index contributed by atoms with van der Waals surface area (Å²) in [6.45, 7) is 8.14. The molecule has 5 nitrogen and oxygen atoms in total. The van der Waals surface area contributed by atoms with Gasteiger partial charge in [-0.05, 0) is 54.3 Å². The van der Waals surface area contributed by atoms with Crippen LogP contribution in [0.1, 0.15) is 39.0 Å². The Morgan fingerprint density at radius 3 is 2.56 bits per heavy atom. The molecule has 132 valence electrons. The van der Waals surface area contributed by atoms with Gasteiger partial charge in [0.25, 0.3) is 5.91 Å². The van der Waals surface area contributed by atoms with Crippen LogP contribution < -0.4 is 10.2 Å². The van der Waals surface area contributed by atoms with Crippen molar-refractivity contribution in [2.24, 2.45) is 5.10 Å². The molecule has 1 N–H and O–H groups in total. The molecule has 0 saturated carbocycles. The van der Waals surface area contributed by atoms with Crippen LogP contribution in [0.4, 0.5) is 0 Å². The SMILES string of the molecule is CC(/C=C/c1ccco1)=N/NC(=O)COc1ccc(C(C)(C)C)cc1. The minimum absolute atomic E-state index is 0.0886. The molecule has 0 bridgehead atoms. The fourth-order valence-corrected chi connectivity index (χ4v) is 2.01. The Labute approximate surface area is 148 Å². The summed E-state index contributed by atoms with van der Waals surface area (Å²) in [4.78, 5) is 11.8. The monoisotopic (exact) mass is 340 g/mol. The van der Waals surface area contributed by atoms with Crippen molar-refractivity contribution in [3.63, 3.8) is 0 Å². The lowest BCUT2D eigenvalue weighted by Gasteiger charge is -2.19. The summed E-state index contributed by atoms with van der Waals surface area (Å²) in [7, 11) is 0. The van der Waals surface area contributed by atoms with Gasteiger partial charge in [0.05, 0.1) is 12.0 Å². The van der Waals surface area contributed by atoms with E-state index in [1.54, 1.807) is 31.4 Å². The molecule has 0 aliphatic rings. The van der Waals surface area contributed by atoms with Crippen LogP contribution in [0, 0.1) is 0 Å². The molecule has 5 heteroatoms. The molecule has 25 heavy (non-hydrogen) atoms. The first kappa shape index (κ1) is 18.5. The summed E-state index contributed by atoms with van der Waals surface area (Å²) in [5, 5.41) is 3.99. The largest absolute Gasteiger partial charge is 0.484 e. The van der Waals surface area contributed by atoms with Crippen LogP contribution >= 0.6 is 0 Å². The first-order valence-corrected chi connectivity index (χ1v) is 8.12. The minimum atomic E-state index is -0.314. The van der Waals surface area contributed by atoms with Gasteiger partial charge >= 0.3 is 0 Å². The Kier molecular flexibility index (Phi) is 6.17. The number of ether oxygens (including phenoxy) is 1. The Morgan fingerprint density at radius 1 is 1.24 bits per heavy atom. The third-order valence-electron chi connectivity index (χ3n) is 3.48. The van der Waals surface area contributed by atoms with Crippen molar-refractivity contribution in [1.82, 2.24) is 5.43 Å². The van der Waals surface area contributed by atoms with E-state index in [-0.39, 0.29) is 17.9 Å². The number of benzene rings is 1. The van der Waals surface area contributed by atoms with Crippen molar-refractivity contribution >= 4 is 17.7 Å². The Bertz CT molecular complexity index is 736. The van der Waals surface area contributed by atoms with Crippen LogP contribution in [-0.2, 0) is 10.2 Å². The van der Waals surface area contributed by atoms with Gasteiger partial charge in [-0.15, -0.1) is 0 Å². The highest BCUT2D eigenvalue weighted by molar-refractivity contribution is 5.96. The van der Waals surface area contributed by atoms with Crippen LogP contribution in [0.5, 0.6) is 5.75 Å². The van der Waals surface area contributed by atoms with Crippen molar-refractivity contribution in [2.75, 3.05) is 6.61 Å². The van der Waals surface area contributed by atoms with Gasteiger partial charge < -0.3 is 9.15 Å². The van der Waals surface area contributed by atoms with E-state index < -0.39 is 0 Å². The molecule has 0 aliphatic heterocycles. The number of hydrazone groups is 1. The topological polar surface area (TPSA) is 63.8 Å². The number of nitrogens with one attached hydrogen (secondary N) is 1.